The summed E-state index contributed by atoms with van der Waals surface area (Å²) < 4.78 is 98.5. The molecule has 0 saturated heterocycles. The van der Waals surface area contributed by atoms with E-state index in [2.05, 4.69) is 9.71 Å². The van der Waals surface area contributed by atoms with Crippen LogP contribution in [0.1, 0.15) is 55.0 Å². The molecule has 2 heterocycles. The van der Waals surface area contributed by atoms with Crippen LogP contribution in [0.2, 0.25) is 0 Å². The molecule has 12 heteroatoms. The van der Waals surface area contributed by atoms with Crippen molar-refractivity contribution in [2.75, 3.05) is 0 Å². The highest BCUT2D eigenvalue weighted by molar-refractivity contribution is 7.90. The molecule has 0 amide bonds. The van der Waals surface area contributed by atoms with Crippen molar-refractivity contribution < 1.29 is 30.4 Å². The van der Waals surface area contributed by atoms with Crippen molar-refractivity contribution in [1.29, 1.82) is 5.26 Å². The molecule has 0 unspecified atom stereocenters. The molecule has 0 spiro atoms. The quantitative estimate of drug-likeness (QED) is 0.443. The minimum absolute atomic E-state index is 0.178. The number of benzene rings is 1. The first-order valence-corrected chi connectivity index (χ1v) is 12.4. The van der Waals surface area contributed by atoms with Gasteiger partial charge in [0, 0.05) is 65.4 Å². The molecule has 1 aromatic carbocycles. The van der Waals surface area contributed by atoms with Crippen LogP contribution in [0.25, 0.3) is 22.0 Å². The predicted octanol–water partition coefficient (Wildman–Crippen LogP) is 5.20. The molecule has 2 fully saturated rings. The maximum atomic E-state index is 15.3. The number of nitrogens with one attached hydrogen (secondary N) is 1. The van der Waals surface area contributed by atoms with Gasteiger partial charge in [-0.05, 0) is 36.6 Å². The van der Waals surface area contributed by atoms with Crippen molar-refractivity contribution in [3.8, 4) is 17.2 Å². The van der Waals surface area contributed by atoms with Gasteiger partial charge in [-0.2, -0.15) is 5.26 Å². The fourth-order valence-corrected chi connectivity index (χ4v) is 5.85. The summed E-state index contributed by atoms with van der Waals surface area (Å²) in [6.45, 7) is -0.178. The number of aromatic nitrogens is 2. The van der Waals surface area contributed by atoms with Gasteiger partial charge >= 0.3 is 0 Å². The second kappa shape index (κ2) is 8.27. The number of hydrogen-bond acceptors (Lipinski definition) is 4. The number of rotatable bonds is 7. The number of fused-ring (bicyclic) bond motifs is 1. The summed E-state index contributed by atoms with van der Waals surface area (Å²) in [4.78, 5) is 3.78. The Balaban J connectivity index is 1.65. The largest absolute Gasteiger partial charge is 0.344 e. The molecule has 0 atom stereocenters. The van der Waals surface area contributed by atoms with E-state index in [-0.39, 0.29) is 28.6 Å². The average Bonchev–Trinajstić information content (AvgIpc) is 3.59. The number of pyridine rings is 1. The molecule has 35 heavy (non-hydrogen) atoms. The normalized spacial score (nSPS) is 18.1. The van der Waals surface area contributed by atoms with Gasteiger partial charge in [-0.3, -0.25) is 0 Å². The third-order valence-electron chi connectivity index (χ3n) is 6.49. The first-order chi connectivity index (χ1) is 16.5. The highest BCUT2D eigenvalue weighted by atomic mass is 32.2. The highest BCUT2D eigenvalue weighted by Crippen LogP contribution is 2.48. The molecule has 0 aliphatic heterocycles. The van der Waals surface area contributed by atoms with E-state index in [0.29, 0.717) is 18.4 Å². The molecule has 2 aromatic heterocycles. The number of nitrogens with zero attached hydrogens (tertiary/aromatic N) is 3. The van der Waals surface area contributed by atoms with Crippen molar-refractivity contribution in [3.63, 3.8) is 0 Å². The van der Waals surface area contributed by atoms with Crippen LogP contribution in [-0.4, -0.2) is 29.1 Å². The van der Waals surface area contributed by atoms with Gasteiger partial charge in [0.2, 0.25) is 10.0 Å². The third kappa shape index (κ3) is 4.27. The Bertz CT molecular complexity index is 1470. The zero-order valence-corrected chi connectivity index (χ0v) is 18.9. The Morgan fingerprint density at radius 1 is 1.26 bits per heavy atom. The van der Waals surface area contributed by atoms with Crippen molar-refractivity contribution in [2.45, 2.75) is 55.9 Å². The molecular weight excluding hydrogens is 491 g/mol. The van der Waals surface area contributed by atoms with Crippen LogP contribution < -0.4 is 4.72 Å². The van der Waals surface area contributed by atoms with Crippen molar-refractivity contribution in [2.24, 2.45) is 0 Å². The Kier molecular flexibility index (Phi) is 5.60. The molecule has 184 valence electrons. The van der Waals surface area contributed by atoms with Crippen LogP contribution in [0, 0.1) is 17.1 Å². The monoisotopic (exact) mass is 510 g/mol. The molecule has 2 aliphatic rings. The smallest absolute Gasteiger partial charge is 0.264 e. The van der Waals surface area contributed by atoms with Crippen LogP contribution in [0.3, 0.4) is 0 Å². The summed E-state index contributed by atoms with van der Waals surface area (Å²) in [7, 11) is -3.56. The summed E-state index contributed by atoms with van der Waals surface area (Å²) in [6, 6.07) is 4.35. The summed E-state index contributed by atoms with van der Waals surface area (Å²) in [5, 5.41) is 9.19. The minimum atomic E-state index is -3.56. The second-order valence-corrected chi connectivity index (χ2v) is 11.0. The Labute approximate surface area is 197 Å². The molecule has 1 N–H and O–H groups in total. The Hall–Kier alpha value is -3.04. The van der Waals surface area contributed by atoms with Crippen molar-refractivity contribution in [1.82, 2.24) is 14.3 Å². The number of sulfonamides is 1. The van der Waals surface area contributed by atoms with E-state index in [0.717, 1.165) is 18.3 Å². The average molecular weight is 510 g/mol. The molecular formula is C23H19F5N4O2S. The van der Waals surface area contributed by atoms with Crippen LogP contribution >= 0.6 is 0 Å². The summed E-state index contributed by atoms with van der Waals surface area (Å²) in [5.74, 6) is -3.79. The zero-order valence-electron chi connectivity index (χ0n) is 18.1. The fourth-order valence-electron chi connectivity index (χ4n) is 4.50. The number of hydrogen-bond donors (Lipinski definition) is 1. The molecule has 3 aromatic rings. The number of halogens is 5. The van der Waals surface area contributed by atoms with Gasteiger partial charge in [-0.25, -0.2) is 40.1 Å². The maximum Gasteiger partial charge on any atom is 0.264 e. The first kappa shape index (κ1) is 23.7. The summed E-state index contributed by atoms with van der Waals surface area (Å²) >= 11 is 0. The standard InChI is InChI=1S/C23H19F5N4O2S/c24-18-5-16-12(10-31-35(33,34)14-1-2-14)11-32(13-7-23(27,28)8-13)20(16)6-17(18)21-15(22(25)26)3-4-30-19(21)9-29/h3-6,11,13-14,22,31H,1-2,7-8,10H2. The lowest BCUT2D eigenvalue weighted by Crippen LogP contribution is -2.36. The minimum Gasteiger partial charge on any atom is -0.344 e. The third-order valence-corrected chi connectivity index (χ3v) is 8.38. The lowest BCUT2D eigenvalue weighted by atomic mass is 9.88. The Morgan fingerprint density at radius 2 is 1.97 bits per heavy atom. The lowest BCUT2D eigenvalue weighted by molar-refractivity contribution is -0.103. The number of nitriles is 1. The van der Waals surface area contributed by atoms with Gasteiger partial charge in [0.25, 0.3) is 12.3 Å². The Morgan fingerprint density at radius 3 is 2.57 bits per heavy atom. The molecule has 0 bridgehead atoms. The van der Waals surface area contributed by atoms with Crippen LogP contribution in [0.15, 0.2) is 30.6 Å². The van der Waals surface area contributed by atoms with Gasteiger partial charge in [0.15, 0.2) is 0 Å². The van der Waals surface area contributed by atoms with Crippen molar-refractivity contribution >= 4 is 20.9 Å². The summed E-state index contributed by atoms with van der Waals surface area (Å²) in [6.07, 6.45) is -0.324. The second-order valence-electron chi connectivity index (χ2n) is 8.93. The van der Waals surface area contributed by atoms with Gasteiger partial charge in [-0.1, -0.05) is 0 Å². The predicted molar refractivity (Wildman–Crippen MR) is 117 cm³/mol. The number of alkyl halides is 4. The first-order valence-electron chi connectivity index (χ1n) is 10.9. The van der Waals surface area contributed by atoms with Gasteiger partial charge in [0.05, 0.1) is 5.25 Å². The van der Waals surface area contributed by atoms with E-state index in [1.165, 1.54) is 16.8 Å². The molecule has 6 nitrogen and oxygen atoms in total. The van der Waals surface area contributed by atoms with Gasteiger partial charge < -0.3 is 4.57 Å². The topological polar surface area (TPSA) is 87.8 Å². The van der Waals surface area contributed by atoms with E-state index >= 15 is 4.39 Å². The van der Waals surface area contributed by atoms with E-state index in [9.17, 15) is 31.2 Å². The van der Waals surface area contributed by atoms with Gasteiger partial charge in [-0.15, -0.1) is 0 Å². The van der Waals surface area contributed by atoms with E-state index in [4.69, 9.17) is 0 Å². The molecule has 0 radical (unpaired) electrons. The summed E-state index contributed by atoms with van der Waals surface area (Å²) in [5.41, 5.74) is -1.02. The molecule has 2 aliphatic carbocycles. The molecule has 5 rings (SSSR count). The SMILES string of the molecule is N#Cc1nccc(C(F)F)c1-c1cc2c(cc1F)c(CNS(=O)(=O)C1CC1)cn2C1CC(F)(F)C1. The van der Waals surface area contributed by atoms with Crippen LogP contribution in [0.5, 0.6) is 0 Å². The maximum absolute atomic E-state index is 15.3. The van der Waals surface area contributed by atoms with E-state index in [1.54, 1.807) is 6.07 Å². The fraction of sp³-hybridized carbons (Fsp3) is 0.391. The lowest BCUT2D eigenvalue weighted by Gasteiger charge is -2.36. The van der Waals surface area contributed by atoms with Crippen LogP contribution in [-0.2, 0) is 16.6 Å². The van der Waals surface area contributed by atoms with E-state index < -0.39 is 63.6 Å². The van der Waals surface area contributed by atoms with Crippen LogP contribution in [0.4, 0.5) is 22.0 Å². The van der Waals surface area contributed by atoms with E-state index in [1.807, 2.05) is 0 Å². The van der Waals surface area contributed by atoms with Crippen molar-refractivity contribution in [3.05, 3.63) is 53.2 Å². The van der Waals surface area contributed by atoms with Gasteiger partial charge in [0.1, 0.15) is 17.6 Å². The zero-order chi connectivity index (χ0) is 25.1. The molecule has 2 saturated carbocycles. The highest BCUT2D eigenvalue weighted by Gasteiger charge is 2.46.